The van der Waals surface area contributed by atoms with Crippen LogP contribution in [0.4, 0.5) is 10.9 Å². The van der Waals surface area contributed by atoms with E-state index >= 15 is 0 Å². The zero-order chi connectivity index (χ0) is 16.2. The summed E-state index contributed by atoms with van der Waals surface area (Å²) in [6.07, 6.45) is 0. The number of anilines is 2. The number of aromatic nitrogens is 1. The Labute approximate surface area is 128 Å². The SMILES string of the molecule is CC(C)CNc1nc(N)c(C(=O)NC(C)C(=O)N(C)C)s1. The van der Waals surface area contributed by atoms with Crippen molar-refractivity contribution in [3.8, 4) is 0 Å². The van der Waals surface area contributed by atoms with E-state index < -0.39 is 6.04 Å². The van der Waals surface area contributed by atoms with Crippen LogP contribution >= 0.6 is 11.3 Å². The first-order valence-corrected chi connectivity index (χ1v) is 7.56. The topological polar surface area (TPSA) is 100 Å². The molecule has 0 aliphatic rings. The summed E-state index contributed by atoms with van der Waals surface area (Å²) in [5.41, 5.74) is 5.76. The Morgan fingerprint density at radius 1 is 1.33 bits per heavy atom. The van der Waals surface area contributed by atoms with Gasteiger partial charge >= 0.3 is 0 Å². The smallest absolute Gasteiger partial charge is 0.265 e. The van der Waals surface area contributed by atoms with Gasteiger partial charge in [0.25, 0.3) is 5.91 Å². The van der Waals surface area contributed by atoms with Crippen molar-refractivity contribution >= 4 is 34.1 Å². The lowest BCUT2D eigenvalue weighted by Gasteiger charge is -2.17. The molecule has 0 saturated carbocycles. The highest BCUT2D eigenvalue weighted by Crippen LogP contribution is 2.25. The molecule has 0 bridgehead atoms. The number of nitrogens with one attached hydrogen (secondary N) is 2. The van der Waals surface area contributed by atoms with Crippen LogP contribution in [0.2, 0.25) is 0 Å². The monoisotopic (exact) mass is 313 g/mol. The van der Waals surface area contributed by atoms with Gasteiger partial charge in [-0.1, -0.05) is 25.2 Å². The Morgan fingerprint density at radius 2 is 1.95 bits per heavy atom. The van der Waals surface area contributed by atoms with Gasteiger partial charge in [-0.25, -0.2) is 4.98 Å². The van der Waals surface area contributed by atoms with Crippen LogP contribution in [0.1, 0.15) is 30.4 Å². The molecule has 118 valence electrons. The van der Waals surface area contributed by atoms with E-state index in [-0.39, 0.29) is 17.6 Å². The Hall–Kier alpha value is -1.83. The number of hydrogen-bond acceptors (Lipinski definition) is 6. The van der Waals surface area contributed by atoms with E-state index in [2.05, 4.69) is 29.5 Å². The quantitative estimate of drug-likeness (QED) is 0.727. The van der Waals surface area contributed by atoms with Crippen LogP contribution < -0.4 is 16.4 Å². The molecule has 2 amide bonds. The highest BCUT2D eigenvalue weighted by Gasteiger charge is 2.22. The second kappa shape index (κ2) is 7.26. The first-order valence-electron chi connectivity index (χ1n) is 6.74. The molecule has 0 saturated heterocycles. The van der Waals surface area contributed by atoms with Crippen LogP contribution in [0.5, 0.6) is 0 Å². The predicted molar refractivity (Wildman–Crippen MR) is 85.5 cm³/mol. The average molecular weight is 313 g/mol. The molecule has 7 nitrogen and oxygen atoms in total. The number of nitrogens with two attached hydrogens (primary N) is 1. The third-order valence-corrected chi connectivity index (χ3v) is 3.71. The van der Waals surface area contributed by atoms with Crippen molar-refractivity contribution < 1.29 is 9.59 Å². The second-order valence-electron chi connectivity index (χ2n) is 5.44. The van der Waals surface area contributed by atoms with Gasteiger partial charge in [-0.3, -0.25) is 9.59 Å². The van der Waals surface area contributed by atoms with Gasteiger partial charge in [-0.15, -0.1) is 0 Å². The number of thiazole rings is 1. The fraction of sp³-hybridized carbons (Fsp3) is 0.615. The predicted octanol–water partition coefficient (Wildman–Crippen LogP) is 1.000. The molecule has 4 N–H and O–H groups in total. The number of rotatable bonds is 6. The van der Waals surface area contributed by atoms with E-state index in [0.29, 0.717) is 15.9 Å². The molecule has 0 aliphatic heterocycles. The minimum absolute atomic E-state index is 0.174. The largest absolute Gasteiger partial charge is 0.382 e. The minimum Gasteiger partial charge on any atom is -0.382 e. The summed E-state index contributed by atoms with van der Waals surface area (Å²) in [6.45, 7) is 6.54. The molecular weight excluding hydrogens is 290 g/mol. The first kappa shape index (κ1) is 17.2. The van der Waals surface area contributed by atoms with Crippen molar-refractivity contribution in [1.29, 1.82) is 0 Å². The minimum atomic E-state index is -0.610. The summed E-state index contributed by atoms with van der Waals surface area (Å²) in [5.74, 6) is 0.0771. The highest BCUT2D eigenvalue weighted by atomic mass is 32.1. The van der Waals surface area contributed by atoms with E-state index in [1.807, 2.05) is 0 Å². The lowest BCUT2D eigenvalue weighted by Crippen LogP contribution is -2.44. The van der Waals surface area contributed by atoms with Gasteiger partial charge in [0.15, 0.2) is 5.13 Å². The number of carbonyl (C=O) groups is 2. The van der Waals surface area contributed by atoms with Crippen LogP contribution in [0, 0.1) is 5.92 Å². The zero-order valence-electron chi connectivity index (χ0n) is 13.1. The zero-order valence-corrected chi connectivity index (χ0v) is 13.9. The Kier molecular flexibility index (Phi) is 5.95. The third-order valence-electron chi connectivity index (χ3n) is 2.68. The molecule has 21 heavy (non-hydrogen) atoms. The van der Waals surface area contributed by atoms with E-state index in [4.69, 9.17) is 5.73 Å². The van der Waals surface area contributed by atoms with E-state index in [1.165, 1.54) is 16.2 Å². The lowest BCUT2D eigenvalue weighted by atomic mass is 10.2. The molecule has 1 rings (SSSR count). The van der Waals surface area contributed by atoms with Gasteiger partial charge in [0.2, 0.25) is 5.91 Å². The summed E-state index contributed by atoms with van der Waals surface area (Å²) in [5, 5.41) is 6.36. The standard InChI is InChI=1S/C13H23N5O2S/c1-7(2)6-15-13-17-10(14)9(21-13)11(19)16-8(3)12(20)18(4)5/h7-8H,6,14H2,1-5H3,(H,15,17)(H,16,19). The van der Waals surface area contributed by atoms with E-state index in [1.54, 1.807) is 21.0 Å². The van der Waals surface area contributed by atoms with Crippen LogP contribution in [0.25, 0.3) is 0 Å². The van der Waals surface area contributed by atoms with Crippen molar-refractivity contribution in [3.63, 3.8) is 0 Å². The molecule has 1 aromatic heterocycles. The summed E-state index contributed by atoms with van der Waals surface area (Å²) in [7, 11) is 3.28. The van der Waals surface area contributed by atoms with Crippen LogP contribution in [0.3, 0.4) is 0 Å². The average Bonchev–Trinajstić information content (AvgIpc) is 2.76. The molecule has 0 radical (unpaired) electrons. The van der Waals surface area contributed by atoms with Crippen molar-refractivity contribution in [2.75, 3.05) is 31.7 Å². The molecule has 1 unspecified atom stereocenters. The van der Waals surface area contributed by atoms with Gasteiger partial charge in [-0.2, -0.15) is 0 Å². The van der Waals surface area contributed by atoms with Crippen molar-refractivity contribution in [2.45, 2.75) is 26.8 Å². The maximum atomic E-state index is 12.1. The normalized spacial score (nSPS) is 12.1. The van der Waals surface area contributed by atoms with Gasteiger partial charge < -0.3 is 21.3 Å². The molecule has 1 heterocycles. The fourth-order valence-electron chi connectivity index (χ4n) is 1.57. The van der Waals surface area contributed by atoms with Crippen LogP contribution in [0.15, 0.2) is 0 Å². The number of carbonyl (C=O) groups excluding carboxylic acids is 2. The molecular formula is C13H23N5O2S. The summed E-state index contributed by atoms with van der Waals surface area (Å²) in [6, 6.07) is -0.610. The van der Waals surface area contributed by atoms with Crippen LogP contribution in [-0.4, -0.2) is 48.4 Å². The summed E-state index contributed by atoms with van der Waals surface area (Å²) in [4.78, 5) is 29.7. The number of likely N-dealkylation sites (N-methyl/N-ethyl adjacent to an activating group) is 1. The lowest BCUT2D eigenvalue weighted by molar-refractivity contribution is -0.130. The number of amides is 2. The number of nitrogen functional groups attached to an aromatic ring is 1. The molecule has 0 aromatic carbocycles. The highest BCUT2D eigenvalue weighted by molar-refractivity contribution is 7.18. The maximum absolute atomic E-state index is 12.1. The molecule has 1 atom stereocenters. The maximum Gasteiger partial charge on any atom is 0.265 e. The molecule has 1 aromatic rings. The Balaban J connectivity index is 2.72. The summed E-state index contributed by atoms with van der Waals surface area (Å²) >= 11 is 1.19. The van der Waals surface area contributed by atoms with Crippen molar-refractivity contribution in [2.24, 2.45) is 5.92 Å². The van der Waals surface area contributed by atoms with E-state index in [9.17, 15) is 9.59 Å². The van der Waals surface area contributed by atoms with Crippen molar-refractivity contribution in [3.05, 3.63) is 4.88 Å². The van der Waals surface area contributed by atoms with Crippen molar-refractivity contribution in [1.82, 2.24) is 15.2 Å². The molecule has 0 fully saturated rings. The van der Waals surface area contributed by atoms with Gasteiger partial charge in [0.1, 0.15) is 16.7 Å². The Morgan fingerprint density at radius 3 is 2.48 bits per heavy atom. The second-order valence-corrected chi connectivity index (χ2v) is 6.44. The molecule has 0 aliphatic carbocycles. The Bertz CT molecular complexity index is 513. The number of nitrogens with zero attached hydrogens (tertiary/aromatic N) is 2. The van der Waals surface area contributed by atoms with Gasteiger partial charge in [0.05, 0.1) is 0 Å². The van der Waals surface area contributed by atoms with Gasteiger partial charge in [0, 0.05) is 20.6 Å². The molecule has 0 spiro atoms. The van der Waals surface area contributed by atoms with Crippen LogP contribution in [-0.2, 0) is 4.79 Å². The number of hydrogen-bond donors (Lipinski definition) is 3. The fourth-order valence-corrected chi connectivity index (χ4v) is 2.37. The first-order chi connectivity index (χ1) is 9.72. The molecule has 8 heteroatoms. The van der Waals surface area contributed by atoms with Gasteiger partial charge in [-0.05, 0) is 12.8 Å². The third kappa shape index (κ3) is 4.89. The summed E-state index contributed by atoms with van der Waals surface area (Å²) < 4.78 is 0. The van der Waals surface area contributed by atoms with E-state index in [0.717, 1.165) is 6.54 Å².